The summed E-state index contributed by atoms with van der Waals surface area (Å²) in [5.74, 6) is -0.259. The Bertz CT molecular complexity index is 337. The first-order chi connectivity index (χ1) is 7.25. The van der Waals surface area contributed by atoms with Gasteiger partial charge in [0.15, 0.2) is 0 Å². The molecule has 1 saturated heterocycles. The van der Waals surface area contributed by atoms with Crippen LogP contribution < -0.4 is 10.6 Å². The molecule has 15 heavy (non-hydrogen) atoms. The second-order valence-corrected chi connectivity index (χ2v) is 4.22. The van der Waals surface area contributed by atoms with E-state index in [1.807, 2.05) is 0 Å². The van der Waals surface area contributed by atoms with Gasteiger partial charge in [-0.1, -0.05) is 11.6 Å². The van der Waals surface area contributed by atoms with Crippen LogP contribution in [0.15, 0.2) is 18.2 Å². The van der Waals surface area contributed by atoms with E-state index in [-0.39, 0.29) is 5.82 Å². The molecule has 0 amide bonds. The second kappa shape index (κ2) is 4.81. The Morgan fingerprint density at radius 1 is 1.47 bits per heavy atom. The number of hydrogen-bond acceptors (Lipinski definition) is 2. The highest BCUT2D eigenvalue weighted by atomic mass is 35.5. The van der Waals surface area contributed by atoms with Gasteiger partial charge in [0.1, 0.15) is 5.82 Å². The number of nitrogens with one attached hydrogen (secondary N) is 2. The SMILES string of the molecule is Fc1ccc(Cl)c(NC2CCCNC2)c1. The van der Waals surface area contributed by atoms with E-state index in [1.54, 1.807) is 6.07 Å². The maximum Gasteiger partial charge on any atom is 0.125 e. The highest BCUT2D eigenvalue weighted by molar-refractivity contribution is 6.33. The summed E-state index contributed by atoms with van der Waals surface area (Å²) >= 11 is 5.97. The molecule has 1 fully saturated rings. The molecule has 0 radical (unpaired) electrons. The molecule has 1 aliphatic heterocycles. The lowest BCUT2D eigenvalue weighted by atomic mass is 10.1. The third-order valence-electron chi connectivity index (χ3n) is 2.58. The van der Waals surface area contributed by atoms with Crippen molar-refractivity contribution in [2.24, 2.45) is 0 Å². The Morgan fingerprint density at radius 2 is 2.33 bits per heavy atom. The van der Waals surface area contributed by atoms with Crippen molar-refractivity contribution in [2.45, 2.75) is 18.9 Å². The van der Waals surface area contributed by atoms with Crippen molar-refractivity contribution < 1.29 is 4.39 Å². The number of halogens is 2. The van der Waals surface area contributed by atoms with Crippen LogP contribution >= 0.6 is 11.6 Å². The van der Waals surface area contributed by atoms with Gasteiger partial charge in [0.25, 0.3) is 0 Å². The molecule has 1 aromatic rings. The Labute approximate surface area is 93.8 Å². The minimum Gasteiger partial charge on any atom is -0.380 e. The van der Waals surface area contributed by atoms with Gasteiger partial charge in [-0.25, -0.2) is 4.39 Å². The standard InChI is InChI=1S/C11H14ClFN2/c12-10-4-3-8(13)6-11(10)15-9-2-1-5-14-7-9/h3-4,6,9,14-15H,1-2,5,7H2. The number of anilines is 1. The number of rotatable bonds is 2. The largest absolute Gasteiger partial charge is 0.380 e. The molecule has 82 valence electrons. The fourth-order valence-electron chi connectivity index (χ4n) is 1.80. The predicted octanol–water partition coefficient (Wildman–Crippen LogP) is 2.64. The van der Waals surface area contributed by atoms with Gasteiger partial charge in [-0.2, -0.15) is 0 Å². The zero-order chi connectivity index (χ0) is 10.7. The Kier molecular flexibility index (Phi) is 3.44. The summed E-state index contributed by atoms with van der Waals surface area (Å²) < 4.78 is 13.0. The van der Waals surface area contributed by atoms with Crippen LogP contribution in [0.2, 0.25) is 5.02 Å². The molecule has 1 atom stereocenters. The van der Waals surface area contributed by atoms with E-state index in [0.717, 1.165) is 25.9 Å². The van der Waals surface area contributed by atoms with Crippen LogP contribution in [0.3, 0.4) is 0 Å². The fraction of sp³-hybridized carbons (Fsp3) is 0.455. The van der Waals surface area contributed by atoms with Crippen LogP contribution in [-0.4, -0.2) is 19.1 Å². The summed E-state index contributed by atoms with van der Waals surface area (Å²) in [5.41, 5.74) is 0.686. The van der Waals surface area contributed by atoms with E-state index in [1.165, 1.54) is 12.1 Å². The molecule has 1 aromatic carbocycles. The Morgan fingerprint density at radius 3 is 3.07 bits per heavy atom. The average molecular weight is 229 g/mol. The van der Waals surface area contributed by atoms with Crippen LogP contribution in [0.1, 0.15) is 12.8 Å². The van der Waals surface area contributed by atoms with Gasteiger partial charge in [0.05, 0.1) is 10.7 Å². The van der Waals surface area contributed by atoms with E-state index >= 15 is 0 Å². The summed E-state index contributed by atoms with van der Waals surface area (Å²) in [6.07, 6.45) is 2.24. The van der Waals surface area contributed by atoms with Crippen LogP contribution in [0.5, 0.6) is 0 Å². The van der Waals surface area contributed by atoms with Gasteiger partial charge < -0.3 is 10.6 Å². The molecule has 0 bridgehead atoms. The lowest BCUT2D eigenvalue weighted by Crippen LogP contribution is -2.38. The molecule has 2 rings (SSSR count). The monoisotopic (exact) mass is 228 g/mol. The number of hydrogen-bond donors (Lipinski definition) is 2. The van der Waals surface area contributed by atoms with Crippen LogP contribution in [0.4, 0.5) is 10.1 Å². The maximum atomic E-state index is 13.0. The van der Waals surface area contributed by atoms with Crippen LogP contribution in [0, 0.1) is 5.82 Å². The van der Waals surface area contributed by atoms with Crippen molar-refractivity contribution in [3.8, 4) is 0 Å². The Hall–Kier alpha value is -0.800. The zero-order valence-corrected chi connectivity index (χ0v) is 9.15. The molecule has 4 heteroatoms. The van der Waals surface area contributed by atoms with Gasteiger partial charge in [0.2, 0.25) is 0 Å². The first kappa shape index (κ1) is 10.7. The van der Waals surface area contributed by atoms with Gasteiger partial charge in [-0.05, 0) is 37.6 Å². The predicted molar refractivity (Wildman–Crippen MR) is 60.9 cm³/mol. The van der Waals surface area contributed by atoms with Crippen molar-refractivity contribution in [3.05, 3.63) is 29.0 Å². The topological polar surface area (TPSA) is 24.1 Å². The summed E-state index contributed by atoms with van der Waals surface area (Å²) in [7, 11) is 0. The minimum atomic E-state index is -0.259. The van der Waals surface area contributed by atoms with Gasteiger partial charge in [-0.3, -0.25) is 0 Å². The van der Waals surface area contributed by atoms with Crippen molar-refractivity contribution in [1.82, 2.24) is 5.32 Å². The molecule has 0 aliphatic carbocycles. The first-order valence-corrected chi connectivity index (χ1v) is 5.56. The number of benzene rings is 1. The van der Waals surface area contributed by atoms with Crippen molar-refractivity contribution in [1.29, 1.82) is 0 Å². The van der Waals surface area contributed by atoms with Gasteiger partial charge >= 0.3 is 0 Å². The quantitative estimate of drug-likeness (QED) is 0.813. The zero-order valence-electron chi connectivity index (χ0n) is 8.39. The first-order valence-electron chi connectivity index (χ1n) is 5.18. The summed E-state index contributed by atoms with van der Waals surface area (Å²) in [4.78, 5) is 0. The molecule has 2 nitrogen and oxygen atoms in total. The van der Waals surface area contributed by atoms with Gasteiger partial charge in [-0.15, -0.1) is 0 Å². The molecular formula is C11H14ClFN2. The lowest BCUT2D eigenvalue weighted by molar-refractivity contribution is 0.479. The minimum absolute atomic E-state index is 0.259. The number of piperidine rings is 1. The molecule has 1 unspecified atom stereocenters. The van der Waals surface area contributed by atoms with E-state index in [9.17, 15) is 4.39 Å². The molecule has 0 spiro atoms. The summed E-state index contributed by atoms with van der Waals surface area (Å²) in [6, 6.07) is 4.73. The van der Waals surface area contributed by atoms with Crippen molar-refractivity contribution >= 4 is 17.3 Å². The summed E-state index contributed by atoms with van der Waals surface area (Å²) in [5, 5.41) is 7.12. The molecule has 2 N–H and O–H groups in total. The maximum absolute atomic E-state index is 13.0. The highest BCUT2D eigenvalue weighted by Crippen LogP contribution is 2.24. The third kappa shape index (κ3) is 2.83. The average Bonchev–Trinajstić information content (AvgIpc) is 2.25. The summed E-state index contributed by atoms with van der Waals surface area (Å²) in [6.45, 7) is 1.97. The van der Waals surface area contributed by atoms with Crippen LogP contribution in [-0.2, 0) is 0 Å². The molecule has 0 saturated carbocycles. The molecule has 0 aromatic heterocycles. The second-order valence-electron chi connectivity index (χ2n) is 3.81. The van der Waals surface area contributed by atoms with Crippen LogP contribution in [0.25, 0.3) is 0 Å². The van der Waals surface area contributed by atoms with E-state index in [0.29, 0.717) is 16.8 Å². The van der Waals surface area contributed by atoms with Crippen molar-refractivity contribution in [2.75, 3.05) is 18.4 Å². The van der Waals surface area contributed by atoms with Gasteiger partial charge in [0, 0.05) is 12.6 Å². The highest BCUT2D eigenvalue weighted by Gasteiger charge is 2.13. The van der Waals surface area contributed by atoms with Crippen molar-refractivity contribution in [3.63, 3.8) is 0 Å². The van der Waals surface area contributed by atoms with E-state index in [2.05, 4.69) is 10.6 Å². The smallest absolute Gasteiger partial charge is 0.125 e. The Balaban J connectivity index is 2.05. The van der Waals surface area contributed by atoms with E-state index in [4.69, 9.17) is 11.6 Å². The fourth-order valence-corrected chi connectivity index (χ4v) is 1.98. The molecular weight excluding hydrogens is 215 g/mol. The molecule has 1 aliphatic rings. The molecule has 1 heterocycles. The normalized spacial score (nSPS) is 21.3. The lowest BCUT2D eigenvalue weighted by Gasteiger charge is -2.25. The third-order valence-corrected chi connectivity index (χ3v) is 2.91. The van der Waals surface area contributed by atoms with E-state index < -0.39 is 0 Å².